The molecule has 0 aromatic heterocycles. The van der Waals surface area contributed by atoms with Gasteiger partial charge in [0.05, 0.1) is 0 Å². The second-order valence-corrected chi connectivity index (χ2v) is 5.68. The van der Waals surface area contributed by atoms with Crippen molar-refractivity contribution in [2.24, 2.45) is 5.92 Å². The standard InChI is InChI=1S/C13H17BrClN/c1-9-6-10(2)16(8-9)13-5-3-4-12(15)11(13)7-14/h3-5,9-10H,6-8H2,1-2H3. The van der Waals surface area contributed by atoms with E-state index in [1.807, 2.05) is 12.1 Å². The Kier molecular flexibility index (Phi) is 3.81. The number of hydrogen-bond donors (Lipinski definition) is 0. The van der Waals surface area contributed by atoms with Crippen LogP contribution in [0.3, 0.4) is 0 Å². The molecule has 1 heterocycles. The van der Waals surface area contributed by atoms with Crippen LogP contribution in [0, 0.1) is 5.92 Å². The predicted molar refractivity (Wildman–Crippen MR) is 74.7 cm³/mol. The maximum atomic E-state index is 6.24. The minimum absolute atomic E-state index is 0.617. The van der Waals surface area contributed by atoms with Crippen LogP contribution >= 0.6 is 27.5 Å². The Balaban J connectivity index is 2.36. The molecule has 2 unspecified atom stereocenters. The molecular weight excluding hydrogens is 286 g/mol. The van der Waals surface area contributed by atoms with Crippen LogP contribution in [-0.2, 0) is 5.33 Å². The molecule has 0 aliphatic carbocycles. The van der Waals surface area contributed by atoms with E-state index in [1.54, 1.807) is 0 Å². The Morgan fingerprint density at radius 1 is 1.44 bits per heavy atom. The normalized spacial score (nSPS) is 25.1. The zero-order valence-corrected chi connectivity index (χ0v) is 12.1. The summed E-state index contributed by atoms with van der Waals surface area (Å²) in [5.74, 6) is 0.775. The molecule has 2 rings (SSSR count). The molecule has 1 nitrogen and oxygen atoms in total. The highest BCUT2D eigenvalue weighted by Crippen LogP contribution is 2.35. The largest absolute Gasteiger partial charge is 0.368 e. The van der Waals surface area contributed by atoms with Gasteiger partial charge >= 0.3 is 0 Å². The van der Waals surface area contributed by atoms with Crippen molar-refractivity contribution in [1.29, 1.82) is 0 Å². The summed E-state index contributed by atoms with van der Waals surface area (Å²) in [5.41, 5.74) is 2.51. The summed E-state index contributed by atoms with van der Waals surface area (Å²) in [6.45, 7) is 5.75. The minimum Gasteiger partial charge on any atom is -0.368 e. The lowest BCUT2D eigenvalue weighted by Crippen LogP contribution is -2.27. The number of alkyl halides is 1. The Bertz CT molecular complexity index is 380. The van der Waals surface area contributed by atoms with Gasteiger partial charge in [-0.3, -0.25) is 0 Å². The molecule has 0 N–H and O–H groups in total. The molecule has 3 heteroatoms. The fraction of sp³-hybridized carbons (Fsp3) is 0.538. The van der Waals surface area contributed by atoms with Gasteiger partial charge in [-0.25, -0.2) is 0 Å². The van der Waals surface area contributed by atoms with E-state index in [4.69, 9.17) is 11.6 Å². The molecule has 2 atom stereocenters. The maximum absolute atomic E-state index is 6.24. The SMILES string of the molecule is CC1CC(C)N(c2cccc(Cl)c2CBr)C1. The molecule has 1 aliphatic rings. The second kappa shape index (κ2) is 4.97. The summed E-state index contributed by atoms with van der Waals surface area (Å²) in [6, 6.07) is 6.80. The van der Waals surface area contributed by atoms with Gasteiger partial charge in [-0.1, -0.05) is 40.5 Å². The van der Waals surface area contributed by atoms with E-state index in [-0.39, 0.29) is 0 Å². The summed E-state index contributed by atoms with van der Waals surface area (Å²) in [4.78, 5) is 2.48. The molecule has 0 amide bonds. The van der Waals surface area contributed by atoms with Gasteiger partial charge in [-0.15, -0.1) is 0 Å². The summed E-state index contributed by atoms with van der Waals surface area (Å²) in [5, 5.41) is 1.68. The van der Waals surface area contributed by atoms with Gasteiger partial charge in [0.2, 0.25) is 0 Å². The first-order chi connectivity index (χ1) is 7.63. The van der Waals surface area contributed by atoms with Crippen LogP contribution in [0.15, 0.2) is 18.2 Å². The van der Waals surface area contributed by atoms with Crippen LogP contribution in [0.4, 0.5) is 5.69 Å². The first-order valence-electron chi connectivity index (χ1n) is 5.73. The summed E-state index contributed by atoms with van der Waals surface area (Å²) in [7, 11) is 0. The number of anilines is 1. The van der Waals surface area contributed by atoms with E-state index in [1.165, 1.54) is 17.7 Å². The molecule has 0 radical (unpaired) electrons. The Hall–Kier alpha value is -0.210. The fourth-order valence-electron chi connectivity index (χ4n) is 2.58. The van der Waals surface area contributed by atoms with E-state index in [0.29, 0.717) is 6.04 Å². The molecule has 16 heavy (non-hydrogen) atoms. The van der Waals surface area contributed by atoms with Gasteiger partial charge in [-0.05, 0) is 31.4 Å². The summed E-state index contributed by atoms with van der Waals surface area (Å²) in [6.07, 6.45) is 1.27. The van der Waals surface area contributed by atoms with Crippen molar-refractivity contribution >= 4 is 33.2 Å². The number of hydrogen-bond acceptors (Lipinski definition) is 1. The first-order valence-corrected chi connectivity index (χ1v) is 7.23. The molecule has 1 aromatic carbocycles. The Morgan fingerprint density at radius 3 is 2.75 bits per heavy atom. The van der Waals surface area contributed by atoms with E-state index in [9.17, 15) is 0 Å². The quantitative estimate of drug-likeness (QED) is 0.729. The number of rotatable bonds is 2. The van der Waals surface area contributed by atoms with Gasteiger partial charge in [0.25, 0.3) is 0 Å². The third-order valence-electron chi connectivity index (χ3n) is 3.32. The second-order valence-electron chi connectivity index (χ2n) is 4.71. The lowest BCUT2D eigenvalue weighted by molar-refractivity contribution is 0.625. The molecule has 1 fully saturated rings. The molecule has 0 bridgehead atoms. The Labute approximate surface area is 111 Å². The average molecular weight is 303 g/mol. The van der Waals surface area contributed by atoms with Crippen LogP contribution in [0.25, 0.3) is 0 Å². The average Bonchev–Trinajstić information content (AvgIpc) is 2.57. The monoisotopic (exact) mass is 301 g/mol. The highest BCUT2D eigenvalue weighted by Gasteiger charge is 2.27. The van der Waals surface area contributed by atoms with Gasteiger partial charge in [0.1, 0.15) is 0 Å². The van der Waals surface area contributed by atoms with Gasteiger partial charge in [0.15, 0.2) is 0 Å². The van der Waals surface area contributed by atoms with Crippen molar-refractivity contribution in [3.63, 3.8) is 0 Å². The van der Waals surface area contributed by atoms with Crippen LogP contribution in [0.1, 0.15) is 25.8 Å². The van der Waals surface area contributed by atoms with Gasteiger partial charge < -0.3 is 4.90 Å². The van der Waals surface area contributed by atoms with E-state index < -0.39 is 0 Å². The molecule has 1 saturated heterocycles. The van der Waals surface area contributed by atoms with Crippen molar-refractivity contribution in [1.82, 2.24) is 0 Å². The van der Waals surface area contributed by atoms with Gasteiger partial charge in [-0.2, -0.15) is 0 Å². The van der Waals surface area contributed by atoms with Crippen molar-refractivity contribution in [2.45, 2.75) is 31.6 Å². The number of nitrogens with zero attached hydrogens (tertiary/aromatic N) is 1. The number of halogens is 2. The fourth-order valence-corrected chi connectivity index (χ4v) is 3.57. The molecule has 88 valence electrons. The maximum Gasteiger partial charge on any atom is 0.0467 e. The van der Waals surface area contributed by atoms with Crippen molar-refractivity contribution in [3.05, 3.63) is 28.8 Å². The van der Waals surface area contributed by atoms with E-state index in [0.717, 1.165) is 22.8 Å². The summed E-state index contributed by atoms with van der Waals surface area (Å²) >= 11 is 9.77. The molecule has 0 saturated carbocycles. The lowest BCUT2D eigenvalue weighted by Gasteiger charge is -2.26. The van der Waals surface area contributed by atoms with Crippen LogP contribution in [-0.4, -0.2) is 12.6 Å². The molecule has 0 spiro atoms. The third-order valence-corrected chi connectivity index (χ3v) is 4.24. The Morgan fingerprint density at radius 2 is 2.19 bits per heavy atom. The topological polar surface area (TPSA) is 3.24 Å². The van der Waals surface area contributed by atoms with Crippen molar-refractivity contribution < 1.29 is 0 Å². The van der Waals surface area contributed by atoms with E-state index >= 15 is 0 Å². The van der Waals surface area contributed by atoms with Crippen LogP contribution < -0.4 is 4.90 Å². The third kappa shape index (κ3) is 2.23. The lowest BCUT2D eigenvalue weighted by atomic mass is 10.1. The molecular formula is C13H17BrClN. The van der Waals surface area contributed by atoms with Crippen molar-refractivity contribution in [3.8, 4) is 0 Å². The number of benzene rings is 1. The minimum atomic E-state index is 0.617. The summed E-state index contributed by atoms with van der Waals surface area (Å²) < 4.78 is 0. The smallest absolute Gasteiger partial charge is 0.0467 e. The highest BCUT2D eigenvalue weighted by molar-refractivity contribution is 9.08. The van der Waals surface area contributed by atoms with Crippen molar-refractivity contribution in [2.75, 3.05) is 11.4 Å². The zero-order valence-electron chi connectivity index (χ0n) is 9.71. The molecule has 1 aromatic rings. The first kappa shape index (κ1) is 12.3. The zero-order chi connectivity index (χ0) is 11.7. The van der Waals surface area contributed by atoms with Crippen LogP contribution in [0.5, 0.6) is 0 Å². The highest BCUT2D eigenvalue weighted by atomic mass is 79.9. The van der Waals surface area contributed by atoms with Crippen LogP contribution in [0.2, 0.25) is 5.02 Å². The van der Waals surface area contributed by atoms with Gasteiger partial charge in [0, 0.05) is 34.2 Å². The van der Waals surface area contributed by atoms with E-state index in [2.05, 4.69) is 40.7 Å². The predicted octanol–water partition coefficient (Wildman–Crippen LogP) is 4.47. The molecule has 1 aliphatic heterocycles.